The summed E-state index contributed by atoms with van der Waals surface area (Å²) in [5, 5.41) is 36.6. The Morgan fingerprint density at radius 3 is 2.42 bits per heavy atom. The number of fused-ring (bicyclic) bond motifs is 3. The summed E-state index contributed by atoms with van der Waals surface area (Å²) in [6.07, 6.45) is 7.74. The van der Waals surface area contributed by atoms with Gasteiger partial charge in [-0.2, -0.15) is 0 Å². The van der Waals surface area contributed by atoms with Crippen molar-refractivity contribution >= 4 is 5.91 Å². The number of carbonyl (C=O) groups excluding carboxylic acids is 1. The molecule has 1 amide bonds. The predicted molar refractivity (Wildman–Crippen MR) is 113 cm³/mol. The van der Waals surface area contributed by atoms with Crippen molar-refractivity contribution in [3.8, 4) is 17.1 Å². The van der Waals surface area contributed by atoms with Gasteiger partial charge in [0.15, 0.2) is 5.69 Å². The maximum absolute atomic E-state index is 13.5. The lowest BCUT2D eigenvalue weighted by atomic mass is 9.53. The molecule has 33 heavy (non-hydrogen) atoms. The van der Waals surface area contributed by atoms with Gasteiger partial charge in [0.2, 0.25) is 5.69 Å². The topological polar surface area (TPSA) is 127 Å². The molecule has 170 valence electrons. The average molecular weight is 448 g/mol. The van der Waals surface area contributed by atoms with Crippen LogP contribution in [0.15, 0.2) is 28.9 Å². The summed E-state index contributed by atoms with van der Waals surface area (Å²) in [6.45, 7) is 0. The van der Waals surface area contributed by atoms with Gasteiger partial charge in [0, 0.05) is 18.4 Å². The maximum Gasteiger partial charge on any atom is 0.303 e. The normalized spacial score (nSPS) is 29.0. The Morgan fingerprint density at radius 1 is 1.03 bits per heavy atom. The first-order valence-corrected chi connectivity index (χ1v) is 11.7. The highest BCUT2D eigenvalue weighted by Crippen LogP contribution is 2.55. The van der Waals surface area contributed by atoms with Crippen LogP contribution in [0.1, 0.15) is 60.3 Å². The fraction of sp³-hybridized carbons (Fsp3) is 0.522. The zero-order valence-electron chi connectivity index (χ0n) is 18.1. The number of benzene rings is 1. The molecule has 8 rings (SSSR count). The molecule has 0 atom stereocenters. The van der Waals surface area contributed by atoms with Gasteiger partial charge >= 0.3 is 11.4 Å². The molecule has 10 heteroatoms. The van der Waals surface area contributed by atoms with Crippen LogP contribution >= 0.6 is 0 Å². The van der Waals surface area contributed by atoms with E-state index in [0.29, 0.717) is 68.7 Å². The van der Waals surface area contributed by atoms with Crippen LogP contribution < -0.4 is 15.1 Å². The molecule has 10 nitrogen and oxygen atoms in total. The molecular weight excluding hydrogens is 424 g/mol. The van der Waals surface area contributed by atoms with E-state index >= 15 is 0 Å². The van der Waals surface area contributed by atoms with Crippen molar-refractivity contribution in [2.45, 2.75) is 56.9 Å². The molecule has 5 aliphatic rings. The summed E-state index contributed by atoms with van der Waals surface area (Å²) >= 11 is 0. The van der Waals surface area contributed by atoms with Crippen molar-refractivity contribution in [2.24, 2.45) is 17.8 Å². The van der Waals surface area contributed by atoms with Gasteiger partial charge in [-0.3, -0.25) is 9.42 Å². The van der Waals surface area contributed by atoms with Crippen molar-refractivity contribution in [1.82, 2.24) is 20.4 Å². The summed E-state index contributed by atoms with van der Waals surface area (Å²) in [6, 6.07) is 7.04. The fourth-order valence-electron chi connectivity index (χ4n) is 7.25. The van der Waals surface area contributed by atoms with Crippen LogP contribution in [0.5, 0.6) is 0 Å². The van der Waals surface area contributed by atoms with Crippen LogP contribution in [-0.4, -0.2) is 26.5 Å². The standard InChI is InChI=1S/C23H24N6O4/c30-22(24-23-10-13-7-14(11-23)9-15(8-13)12-23)16-3-1-2-4-17(16)27-25-20-18(28(27)31)5-6-19-21(20)26-33-29(19)32/h1-4,13-15H,5-12H2,(H,24,30). The quantitative estimate of drug-likeness (QED) is 0.479. The van der Waals surface area contributed by atoms with E-state index in [1.165, 1.54) is 24.1 Å². The predicted octanol–water partition coefficient (Wildman–Crippen LogP) is 1.59. The molecule has 4 fully saturated rings. The van der Waals surface area contributed by atoms with E-state index in [9.17, 15) is 15.2 Å². The van der Waals surface area contributed by atoms with Gasteiger partial charge in [0.1, 0.15) is 5.69 Å². The summed E-state index contributed by atoms with van der Waals surface area (Å²) in [5.74, 6) is 1.98. The number of hydrogen-bond acceptors (Lipinski definition) is 6. The molecule has 3 aromatic rings. The van der Waals surface area contributed by atoms with Crippen LogP contribution in [0.25, 0.3) is 17.1 Å². The van der Waals surface area contributed by atoms with Gasteiger partial charge in [-0.25, -0.2) is 0 Å². The Morgan fingerprint density at radius 2 is 1.70 bits per heavy atom. The Hall–Kier alpha value is -3.43. The third-order valence-corrected chi connectivity index (χ3v) is 8.18. The van der Waals surface area contributed by atoms with Gasteiger partial charge in [-0.05, 0) is 78.1 Å². The summed E-state index contributed by atoms with van der Waals surface area (Å²) in [5.41, 5.74) is 2.06. The second-order valence-electron chi connectivity index (χ2n) is 10.4. The first-order valence-electron chi connectivity index (χ1n) is 11.7. The number of para-hydroxylation sites is 1. The lowest BCUT2D eigenvalue weighted by Crippen LogP contribution is -2.60. The summed E-state index contributed by atoms with van der Waals surface area (Å²) in [4.78, 5) is 15.8. The van der Waals surface area contributed by atoms with E-state index in [1.807, 2.05) is 0 Å². The summed E-state index contributed by atoms with van der Waals surface area (Å²) in [7, 11) is 0. The van der Waals surface area contributed by atoms with E-state index in [4.69, 9.17) is 4.63 Å². The van der Waals surface area contributed by atoms with Crippen molar-refractivity contribution in [3.05, 3.63) is 51.6 Å². The second-order valence-corrected chi connectivity index (χ2v) is 10.4. The largest absolute Gasteiger partial charge is 0.692 e. The van der Waals surface area contributed by atoms with E-state index in [0.717, 1.165) is 19.3 Å². The Balaban J connectivity index is 1.25. The lowest BCUT2D eigenvalue weighted by Gasteiger charge is -2.56. The lowest BCUT2D eigenvalue weighted by molar-refractivity contribution is -0.808. The van der Waals surface area contributed by atoms with Crippen molar-refractivity contribution in [2.75, 3.05) is 0 Å². The fourth-order valence-corrected chi connectivity index (χ4v) is 7.25. The zero-order valence-corrected chi connectivity index (χ0v) is 18.1. The number of hydrogen-bond donors (Lipinski definition) is 1. The van der Waals surface area contributed by atoms with Crippen molar-refractivity contribution < 1.29 is 19.2 Å². The van der Waals surface area contributed by atoms with Crippen LogP contribution in [0.3, 0.4) is 0 Å². The van der Waals surface area contributed by atoms with Gasteiger partial charge in [0.25, 0.3) is 5.91 Å². The highest BCUT2D eigenvalue weighted by molar-refractivity contribution is 5.98. The van der Waals surface area contributed by atoms with Gasteiger partial charge in [-0.15, -0.1) is 4.85 Å². The number of nitrogens with one attached hydrogen (secondary N) is 1. The molecule has 2 aromatic heterocycles. The zero-order chi connectivity index (χ0) is 22.3. The molecular formula is C23H24N6O4. The van der Waals surface area contributed by atoms with Gasteiger partial charge in [0.05, 0.1) is 15.8 Å². The minimum Gasteiger partial charge on any atom is -0.692 e. The van der Waals surface area contributed by atoms with Crippen molar-refractivity contribution in [1.29, 1.82) is 0 Å². The van der Waals surface area contributed by atoms with E-state index < -0.39 is 0 Å². The second kappa shape index (κ2) is 6.55. The maximum atomic E-state index is 13.5. The molecule has 0 spiro atoms. The molecule has 4 saturated carbocycles. The van der Waals surface area contributed by atoms with Crippen LogP contribution in [-0.2, 0) is 12.8 Å². The highest BCUT2D eigenvalue weighted by Gasteiger charge is 2.51. The Kier molecular flexibility index (Phi) is 3.79. The Bertz CT molecular complexity index is 1260. The third-order valence-electron chi connectivity index (χ3n) is 8.18. The molecule has 0 radical (unpaired) electrons. The van der Waals surface area contributed by atoms with Crippen molar-refractivity contribution in [3.63, 3.8) is 0 Å². The number of amides is 1. The third kappa shape index (κ3) is 2.75. The van der Waals surface area contributed by atoms with E-state index in [-0.39, 0.29) is 17.1 Å². The Labute approximate surface area is 189 Å². The highest BCUT2D eigenvalue weighted by atomic mass is 16.8. The molecule has 2 heterocycles. The molecule has 1 N–H and O–H groups in total. The van der Waals surface area contributed by atoms with Crippen LogP contribution in [0, 0.1) is 28.2 Å². The van der Waals surface area contributed by atoms with Crippen LogP contribution in [0.4, 0.5) is 0 Å². The minimum atomic E-state index is -0.166. The first kappa shape index (κ1) is 19.1. The van der Waals surface area contributed by atoms with E-state index in [2.05, 4.69) is 15.6 Å². The molecule has 5 aliphatic carbocycles. The van der Waals surface area contributed by atoms with Gasteiger partial charge < -0.3 is 15.7 Å². The molecule has 0 aliphatic heterocycles. The smallest absolute Gasteiger partial charge is 0.303 e. The van der Waals surface area contributed by atoms with Crippen LogP contribution in [0.2, 0.25) is 0 Å². The number of rotatable bonds is 3. The number of carbonyl (C=O) groups is 1. The minimum absolute atomic E-state index is 0.132. The number of aromatic nitrogens is 5. The first-order chi connectivity index (χ1) is 16.0. The molecule has 0 unspecified atom stereocenters. The monoisotopic (exact) mass is 448 g/mol. The van der Waals surface area contributed by atoms with E-state index in [1.54, 1.807) is 24.3 Å². The molecule has 4 bridgehead atoms. The number of nitrogens with zero attached hydrogens (tertiary/aromatic N) is 5. The summed E-state index contributed by atoms with van der Waals surface area (Å²) < 4.78 is 4.71. The molecule has 1 aromatic carbocycles. The average Bonchev–Trinajstić information content (AvgIpc) is 3.32. The molecule has 0 saturated heterocycles. The van der Waals surface area contributed by atoms with Gasteiger partial charge in [-0.1, -0.05) is 12.1 Å². The SMILES string of the molecule is O=C(NC12CC3CC(CC(C3)C1)C2)c1ccccc1-n1nc2c([n+]1[O-])CCc1c-2no[n+]1[O-].